The molecule has 0 unspecified atom stereocenters. The molecule has 1 fully saturated rings. The molecular weight excluding hydrogens is 434 g/mol. The van der Waals surface area contributed by atoms with Crippen molar-refractivity contribution in [2.45, 2.75) is 20.5 Å². The number of para-hydroxylation sites is 2. The number of amides is 1. The van der Waals surface area contributed by atoms with E-state index in [2.05, 4.69) is 25.6 Å². The van der Waals surface area contributed by atoms with Crippen LogP contribution in [-0.2, 0) is 6.61 Å². The lowest BCUT2D eigenvalue weighted by molar-refractivity contribution is 0.0741. The summed E-state index contributed by atoms with van der Waals surface area (Å²) in [6, 6.07) is 17.1. The number of nitrogens with zero attached hydrogens (tertiary/aromatic N) is 7. The first-order chi connectivity index (χ1) is 16.6. The van der Waals surface area contributed by atoms with Crippen molar-refractivity contribution in [3.8, 4) is 11.4 Å². The van der Waals surface area contributed by atoms with Gasteiger partial charge in [-0.3, -0.25) is 4.79 Å². The number of benzene rings is 2. The zero-order valence-electron chi connectivity index (χ0n) is 19.1. The molecule has 34 heavy (non-hydrogen) atoms. The number of anilines is 1. The first-order valence-electron chi connectivity index (χ1n) is 11.1. The van der Waals surface area contributed by atoms with Crippen molar-refractivity contribution >= 4 is 11.9 Å². The Kier molecular flexibility index (Phi) is 5.94. The van der Waals surface area contributed by atoms with Crippen LogP contribution in [0.2, 0.25) is 0 Å². The van der Waals surface area contributed by atoms with Crippen LogP contribution in [-0.4, -0.2) is 62.4 Å². The van der Waals surface area contributed by atoms with Gasteiger partial charge in [0.05, 0.1) is 22.5 Å². The Morgan fingerprint density at radius 1 is 1.00 bits per heavy atom. The zero-order chi connectivity index (χ0) is 23.5. The molecule has 1 saturated heterocycles. The molecule has 1 amide bonds. The van der Waals surface area contributed by atoms with E-state index < -0.39 is 0 Å². The minimum atomic E-state index is -0.0586. The maximum absolute atomic E-state index is 13.3. The first-order valence-corrected chi connectivity index (χ1v) is 11.1. The number of ether oxygens (including phenoxy) is 1. The highest BCUT2D eigenvalue weighted by Crippen LogP contribution is 2.24. The number of carbonyl (C=O) groups is 1. The molecule has 2 aromatic heterocycles. The number of aryl methyl sites for hydroxylation is 2. The van der Waals surface area contributed by atoms with E-state index in [9.17, 15) is 4.79 Å². The van der Waals surface area contributed by atoms with Crippen molar-refractivity contribution in [1.82, 2.24) is 30.3 Å². The highest BCUT2D eigenvalue weighted by atomic mass is 16.5. The molecule has 0 N–H and O–H groups in total. The lowest BCUT2D eigenvalue weighted by Gasteiger charge is -2.35. The summed E-state index contributed by atoms with van der Waals surface area (Å²) in [6.45, 7) is 6.38. The molecule has 0 aliphatic carbocycles. The first kappa shape index (κ1) is 21.6. The molecule has 174 valence electrons. The molecule has 0 saturated carbocycles. The van der Waals surface area contributed by atoms with E-state index in [0.29, 0.717) is 50.0 Å². The van der Waals surface area contributed by atoms with E-state index >= 15 is 0 Å². The predicted octanol–water partition coefficient (Wildman–Crippen LogP) is 2.81. The quantitative estimate of drug-likeness (QED) is 0.434. The normalized spacial score (nSPS) is 13.8. The van der Waals surface area contributed by atoms with Crippen LogP contribution in [0.5, 0.6) is 5.75 Å². The summed E-state index contributed by atoms with van der Waals surface area (Å²) >= 11 is 0. The molecule has 5 rings (SSSR count). The number of carbonyl (C=O) groups excluding carboxylic acids is 1. The average Bonchev–Trinajstić information content (AvgIpc) is 3.50. The van der Waals surface area contributed by atoms with Crippen LogP contribution in [0.25, 0.3) is 5.69 Å². The van der Waals surface area contributed by atoms with Gasteiger partial charge in [-0.25, -0.2) is 0 Å². The minimum Gasteiger partial charge on any atom is -0.488 e. The Hall–Kier alpha value is -4.21. The van der Waals surface area contributed by atoms with Gasteiger partial charge >= 0.3 is 0 Å². The number of hydrogen-bond donors (Lipinski definition) is 0. The third kappa shape index (κ3) is 4.21. The Morgan fingerprint density at radius 3 is 2.47 bits per heavy atom. The van der Waals surface area contributed by atoms with Gasteiger partial charge in [0.1, 0.15) is 18.1 Å². The second-order valence-electron chi connectivity index (χ2n) is 8.09. The lowest BCUT2D eigenvalue weighted by Crippen LogP contribution is -2.49. The molecule has 3 heterocycles. The van der Waals surface area contributed by atoms with E-state index in [0.717, 1.165) is 22.7 Å². The molecule has 0 radical (unpaired) electrons. The van der Waals surface area contributed by atoms with Gasteiger partial charge in [0, 0.05) is 26.2 Å². The Bertz CT molecular complexity index is 1260. The summed E-state index contributed by atoms with van der Waals surface area (Å²) < 4.78 is 12.9. The minimum absolute atomic E-state index is 0.0586. The fourth-order valence-electron chi connectivity index (χ4n) is 4.02. The van der Waals surface area contributed by atoms with Crippen LogP contribution in [0.1, 0.15) is 27.4 Å². The fraction of sp³-hybridized carbons (Fsp3) is 0.292. The van der Waals surface area contributed by atoms with Gasteiger partial charge in [0.2, 0.25) is 5.95 Å². The van der Waals surface area contributed by atoms with Crippen LogP contribution < -0.4 is 9.64 Å². The number of aromatic nitrogens is 5. The van der Waals surface area contributed by atoms with Crippen molar-refractivity contribution in [3.05, 3.63) is 77.2 Å². The summed E-state index contributed by atoms with van der Waals surface area (Å²) in [7, 11) is 0. The summed E-state index contributed by atoms with van der Waals surface area (Å²) in [6.07, 6.45) is 0. The second kappa shape index (κ2) is 9.34. The molecule has 0 atom stereocenters. The Balaban J connectivity index is 1.26. The van der Waals surface area contributed by atoms with Crippen LogP contribution in [0.15, 0.2) is 59.1 Å². The van der Waals surface area contributed by atoms with E-state index in [1.54, 1.807) is 10.7 Å². The summed E-state index contributed by atoms with van der Waals surface area (Å²) in [5.41, 5.74) is 3.12. The van der Waals surface area contributed by atoms with Crippen LogP contribution >= 0.6 is 0 Å². The molecule has 10 nitrogen and oxygen atoms in total. The topological polar surface area (TPSA) is 102 Å². The molecule has 0 bridgehead atoms. The van der Waals surface area contributed by atoms with Gasteiger partial charge in [0.15, 0.2) is 0 Å². The number of hydrogen-bond acceptors (Lipinski definition) is 8. The largest absolute Gasteiger partial charge is 0.488 e. The third-order valence-electron chi connectivity index (χ3n) is 5.97. The van der Waals surface area contributed by atoms with Gasteiger partial charge in [-0.15, -0.1) is 0 Å². The van der Waals surface area contributed by atoms with Gasteiger partial charge in [-0.2, -0.15) is 4.68 Å². The predicted molar refractivity (Wildman–Crippen MR) is 124 cm³/mol. The van der Waals surface area contributed by atoms with Crippen molar-refractivity contribution in [3.63, 3.8) is 0 Å². The van der Waals surface area contributed by atoms with Crippen molar-refractivity contribution < 1.29 is 14.1 Å². The third-order valence-corrected chi connectivity index (χ3v) is 5.97. The van der Waals surface area contributed by atoms with Crippen molar-refractivity contribution in [2.24, 2.45) is 0 Å². The Morgan fingerprint density at radius 2 is 1.74 bits per heavy atom. The number of rotatable bonds is 6. The molecule has 1 aliphatic rings. The van der Waals surface area contributed by atoms with Crippen molar-refractivity contribution in [1.29, 1.82) is 0 Å². The van der Waals surface area contributed by atoms with Crippen LogP contribution in [0, 0.1) is 13.8 Å². The van der Waals surface area contributed by atoms with E-state index in [1.165, 1.54) is 0 Å². The van der Waals surface area contributed by atoms with Gasteiger partial charge in [-0.1, -0.05) is 40.6 Å². The molecule has 4 aromatic rings. The zero-order valence-corrected chi connectivity index (χ0v) is 19.1. The molecule has 10 heteroatoms. The SMILES string of the molecule is Cc1noc(C)c1COc1ccccc1C(=O)N1CCN(c2nnnn2-c2ccccc2)CC1. The monoisotopic (exact) mass is 459 g/mol. The molecular formula is C24H25N7O3. The Labute approximate surface area is 196 Å². The smallest absolute Gasteiger partial charge is 0.257 e. The summed E-state index contributed by atoms with van der Waals surface area (Å²) in [4.78, 5) is 17.3. The van der Waals surface area contributed by atoms with E-state index in [1.807, 2.05) is 67.3 Å². The maximum Gasteiger partial charge on any atom is 0.257 e. The average molecular weight is 460 g/mol. The molecule has 0 spiro atoms. The van der Waals surface area contributed by atoms with E-state index in [4.69, 9.17) is 9.26 Å². The summed E-state index contributed by atoms with van der Waals surface area (Å²) in [5.74, 6) is 1.87. The highest BCUT2D eigenvalue weighted by molar-refractivity contribution is 5.97. The number of piperazine rings is 1. The highest BCUT2D eigenvalue weighted by Gasteiger charge is 2.27. The molecule has 2 aromatic carbocycles. The van der Waals surface area contributed by atoms with Crippen molar-refractivity contribution in [2.75, 3.05) is 31.1 Å². The number of tetrazole rings is 1. The fourth-order valence-corrected chi connectivity index (χ4v) is 4.02. The lowest BCUT2D eigenvalue weighted by atomic mass is 10.1. The van der Waals surface area contributed by atoms with Gasteiger partial charge in [-0.05, 0) is 48.5 Å². The summed E-state index contributed by atoms with van der Waals surface area (Å²) in [5, 5.41) is 16.2. The van der Waals surface area contributed by atoms with E-state index in [-0.39, 0.29) is 5.91 Å². The van der Waals surface area contributed by atoms with Crippen LogP contribution in [0.3, 0.4) is 0 Å². The van der Waals surface area contributed by atoms with Gasteiger partial charge < -0.3 is 19.1 Å². The van der Waals surface area contributed by atoms with Gasteiger partial charge in [0.25, 0.3) is 5.91 Å². The molecule has 1 aliphatic heterocycles. The maximum atomic E-state index is 13.3. The van der Waals surface area contributed by atoms with Crippen LogP contribution in [0.4, 0.5) is 5.95 Å². The standard InChI is InChI=1S/C24H25N7O3/c1-17-21(18(2)34-26-17)16-33-22-11-7-6-10-20(22)23(32)29-12-14-30(15-13-29)24-25-27-28-31(24)19-8-4-3-5-9-19/h3-11H,12-16H2,1-2H3. The second-order valence-corrected chi connectivity index (χ2v) is 8.09.